The predicted molar refractivity (Wildman–Crippen MR) is 84.2 cm³/mol. The van der Waals surface area contributed by atoms with Crippen molar-refractivity contribution in [3.8, 4) is 0 Å². The van der Waals surface area contributed by atoms with Gasteiger partial charge in [-0.15, -0.1) is 0 Å². The first kappa shape index (κ1) is 16.1. The highest BCUT2D eigenvalue weighted by Gasteiger charge is 2.40. The normalized spacial score (nSPS) is 29.9. The molecule has 1 aliphatic heterocycles. The smallest absolute Gasteiger partial charge is 0.252 e. The van der Waals surface area contributed by atoms with Gasteiger partial charge in [0, 0.05) is 18.4 Å². The van der Waals surface area contributed by atoms with Gasteiger partial charge in [-0.1, -0.05) is 13.3 Å². The predicted octanol–water partition coefficient (Wildman–Crippen LogP) is 1.94. The summed E-state index contributed by atoms with van der Waals surface area (Å²) in [6, 6.07) is 0.335. The molecule has 1 aliphatic carbocycles. The maximum Gasteiger partial charge on any atom is 0.252 e. The van der Waals surface area contributed by atoms with E-state index in [0.29, 0.717) is 11.3 Å². The van der Waals surface area contributed by atoms with Crippen LogP contribution in [0, 0.1) is 0 Å². The van der Waals surface area contributed by atoms with E-state index in [0.717, 1.165) is 38.8 Å². The van der Waals surface area contributed by atoms with Gasteiger partial charge in [0.05, 0.1) is 0 Å². The molecule has 1 saturated heterocycles. The molecule has 0 aromatic heterocycles. The Balaban J connectivity index is 1.89. The average Bonchev–Trinajstić information content (AvgIpc) is 2.48. The van der Waals surface area contributed by atoms with E-state index in [4.69, 9.17) is 4.74 Å². The summed E-state index contributed by atoms with van der Waals surface area (Å²) in [5.41, 5.74) is -0.601. The Labute approximate surface area is 126 Å². The quantitative estimate of drug-likeness (QED) is 0.815. The summed E-state index contributed by atoms with van der Waals surface area (Å²) in [5.74, 6) is 1.27. The van der Waals surface area contributed by atoms with E-state index in [9.17, 15) is 4.79 Å². The van der Waals surface area contributed by atoms with E-state index in [1.54, 1.807) is 7.11 Å². The molecule has 0 bridgehead atoms. The number of piperidine rings is 1. The topological polar surface area (TPSA) is 50.4 Å². The second-order valence-electron chi connectivity index (χ2n) is 5.86. The molecule has 116 valence electrons. The number of rotatable bonds is 5. The van der Waals surface area contributed by atoms with Gasteiger partial charge in [0.25, 0.3) is 5.91 Å². The second-order valence-corrected chi connectivity index (χ2v) is 7.44. The molecule has 1 amide bonds. The van der Waals surface area contributed by atoms with E-state index in [1.165, 1.54) is 18.6 Å². The van der Waals surface area contributed by atoms with Crippen molar-refractivity contribution in [2.75, 3.05) is 26.0 Å². The third-order valence-electron chi connectivity index (χ3n) is 4.58. The lowest BCUT2D eigenvalue weighted by atomic mass is 9.89. The monoisotopic (exact) mass is 300 g/mol. The Kier molecular flexibility index (Phi) is 6.18. The van der Waals surface area contributed by atoms with Crippen LogP contribution >= 0.6 is 11.8 Å². The van der Waals surface area contributed by atoms with Crippen LogP contribution in [0.3, 0.4) is 0 Å². The number of methoxy groups -OCH3 is 1. The molecule has 4 nitrogen and oxygen atoms in total. The average molecular weight is 300 g/mol. The van der Waals surface area contributed by atoms with Crippen LogP contribution < -0.4 is 10.6 Å². The largest absolute Gasteiger partial charge is 0.368 e. The second kappa shape index (κ2) is 7.66. The number of thioether (sulfide) groups is 1. The van der Waals surface area contributed by atoms with Crippen molar-refractivity contribution < 1.29 is 9.53 Å². The molecule has 1 heterocycles. The lowest BCUT2D eigenvalue weighted by molar-refractivity contribution is -0.147. The van der Waals surface area contributed by atoms with Crippen molar-refractivity contribution in [1.29, 1.82) is 0 Å². The van der Waals surface area contributed by atoms with Crippen LogP contribution in [-0.4, -0.2) is 48.8 Å². The molecule has 2 unspecified atom stereocenters. The fraction of sp³-hybridized carbons (Fsp3) is 0.933. The van der Waals surface area contributed by atoms with Crippen LogP contribution in [0.4, 0.5) is 0 Å². The molecule has 2 N–H and O–H groups in total. The third kappa shape index (κ3) is 3.89. The van der Waals surface area contributed by atoms with Crippen molar-refractivity contribution >= 4 is 17.7 Å². The Hall–Kier alpha value is -0.260. The van der Waals surface area contributed by atoms with Gasteiger partial charge in [-0.2, -0.15) is 11.8 Å². The summed E-state index contributed by atoms with van der Waals surface area (Å²) in [6.07, 6.45) is 6.30. The standard InChI is InChI=1S/C15H28N2O2S/c1-3-20-13-6-4-5-12(11-13)17-14(18)15(19-2)7-9-16-10-8-15/h12-13,16H,3-11H2,1-2H3,(H,17,18). The van der Waals surface area contributed by atoms with Crippen molar-refractivity contribution in [1.82, 2.24) is 10.6 Å². The Morgan fingerprint density at radius 2 is 2.15 bits per heavy atom. The number of nitrogens with one attached hydrogen (secondary N) is 2. The number of carbonyl (C=O) groups excluding carboxylic acids is 1. The Bertz CT molecular complexity index is 317. The summed E-state index contributed by atoms with van der Waals surface area (Å²) in [4.78, 5) is 12.6. The zero-order valence-electron chi connectivity index (χ0n) is 12.7. The first-order valence-corrected chi connectivity index (χ1v) is 8.93. The van der Waals surface area contributed by atoms with Crippen molar-refractivity contribution in [2.45, 2.75) is 62.3 Å². The van der Waals surface area contributed by atoms with Crippen LogP contribution in [0.15, 0.2) is 0 Å². The van der Waals surface area contributed by atoms with Gasteiger partial charge < -0.3 is 15.4 Å². The molecule has 0 aromatic rings. The first-order chi connectivity index (χ1) is 9.70. The molecular weight excluding hydrogens is 272 g/mol. The number of amides is 1. The fourth-order valence-electron chi connectivity index (χ4n) is 3.33. The van der Waals surface area contributed by atoms with E-state index >= 15 is 0 Å². The van der Waals surface area contributed by atoms with Crippen LogP contribution in [0.1, 0.15) is 45.4 Å². The third-order valence-corrected chi connectivity index (χ3v) is 5.81. The summed E-state index contributed by atoms with van der Waals surface area (Å²) >= 11 is 2.03. The fourth-order valence-corrected chi connectivity index (χ4v) is 4.51. The molecule has 2 rings (SSSR count). The highest BCUT2D eigenvalue weighted by Crippen LogP contribution is 2.29. The Morgan fingerprint density at radius 1 is 1.40 bits per heavy atom. The van der Waals surface area contributed by atoms with Gasteiger partial charge in [0.1, 0.15) is 5.60 Å². The van der Waals surface area contributed by atoms with Gasteiger partial charge >= 0.3 is 0 Å². The van der Waals surface area contributed by atoms with Crippen LogP contribution in [0.25, 0.3) is 0 Å². The van der Waals surface area contributed by atoms with Gasteiger partial charge in [0.15, 0.2) is 0 Å². The number of hydrogen-bond donors (Lipinski definition) is 2. The molecule has 20 heavy (non-hydrogen) atoms. The zero-order valence-corrected chi connectivity index (χ0v) is 13.6. The molecule has 1 saturated carbocycles. The zero-order chi connectivity index (χ0) is 14.4. The van der Waals surface area contributed by atoms with Crippen LogP contribution in [0.2, 0.25) is 0 Å². The van der Waals surface area contributed by atoms with Gasteiger partial charge in [-0.25, -0.2) is 0 Å². The number of carbonyl (C=O) groups is 1. The highest BCUT2D eigenvalue weighted by molar-refractivity contribution is 7.99. The summed E-state index contributed by atoms with van der Waals surface area (Å²) in [6.45, 7) is 3.93. The van der Waals surface area contributed by atoms with E-state index < -0.39 is 5.60 Å². The highest BCUT2D eigenvalue weighted by atomic mass is 32.2. The van der Waals surface area contributed by atoms with Crippen molar-refractivity contribution in [3.05, 3.63) is 0 Å². The lowest BCUT2D eigenvalue weighted by Gasteiger charge is -2.37. The van der Waals surface area contributed by atoms with Gasteiger partial charge in [-0.3, -0.25) is 4.79 Å². The minimum atomic E-state index is -0.601. The minimum absolute atomic E-state index is 0.105. The molecule has 5 heteroatoms. The molecule has 0 radical (unpaired) electrons. The molecule has 0 spiro atoms. The maximum atomic E-state index is 12.6. The van der Waals surface area contributed by atoms with Gasteiger partial charge in [-0.05, 0) is 50.9 Å². The van der Waals surface area contributed by atoms with Crippen molar-refractivity contribution in [3.63, 3.8) is 0 Å². The van der Waals surface area contributed by atoms with Crippen LogP contribution in [0.5, 0.6) is 0 Å². The maximum absolute atomic E-state index is 12.6. The van der Waals surface area contributed by atoms with Gasteiger partial charge in [0.2, 0.25) is 0 Å². The van der Waals surface area contributed by atoms with Crippen LogP contribution in [-0.2, 0) is 9.53 Å². The molecule has 2 atom stereocenters. The first-order valence-electron chi connectivity index (χ1n) is 7.88. The summed E-state index contributed by atoms with van der Waals surface area (Å²) < 4.78 is 5.60. The molecular formula is C15H28N2O2S. The summed E-state index contributed by atoms with van der Waals surface area (Å²) in [7, 11) is 1.67. The van der Waals surface area contributed by atoms with E-state index in [1.807, 2.05) is 11.8 Å². The Morgan fingerprint density at radius 3 is 2.80 bits per heavy atom. The molecule has 0 aromatic carbocycles. The van der Waals surface area contributed by atoms with Crippen molar-refractivity contribution in [2.24, 2.45) is 0 Å². The number of hydrogen-bond acceptors (Lipinski definition) is 4. The SMILES string of the molecule is CCSC1CCCC(NC(=O)C2(OC)CCNCC2)C1. The number of ether oxygens (including phenoxy) is 1. The summed E-state index contributed by atoms with van der Waals surface area (Å²) in [5, 5.41) is 7.27. The molecule has 2 aliphatic rings. The molecule has 2 fully saturated rings. The lowest BCUT2D eigenvalue weighted by Crippen LogP contribution is -2.56. The van der Waals surface area contributed by atoms with E-state index in [-0.39, 0.29) is 5.91 Å². The van der Waals surface area contributed by atoms with E-state index in [2.05, 4.69) is 17.6 Å². The minimum Gasteiger partial charge on any atom is -0.368 e.